The third-order valence-electron chi connectivity index (χ3n) is 4.24. The first-order valence-electron chi connectivity index (χ1n) is 8.80. The van der Waals surface area contributed by atoms with Crippen molar-refractivity contribution >= 4 is 5.91 Å². The van der Waals surface area contributed by atoms with Gasteiger partial charge < -0.3 is 18.9 Å². The molecule has 6 heteroatoms. The molecule has 1 unspecified atom stereocenters. The number of hydrogen-bond acceptors (Lipinski definition) is 5. The summed E-state index contributed by atoms with van der Waals surface area (Å²) < 4.78 is 16.6. The van der Waals surface area contributed by atoms with Crippen LogP contribution in [0.5, 0.6) is 5.75 Å². The van der Waals surface area contributed by atoms with Gasteiger partial charge >= 0.3 is 0 Å². The van der Waals surface area contributed by atoms with Crippen molar-refractivity contribution in [2.24, 2.45) is 0 Å². The molecule has 0 aliphatic carbocycles. The second kappa shape index (κ2) is 8.67. The molecule has 1 aliphatic heterocycles. The number of aryl methyl sites for hydroxylation is 1. The lowest BCUT2D eigenvalue weighted by Gasteiger charge is -2.24. The molecule has 134 valence electrons. The Morgan fingerprint density at radius 1 is 1.36 bits per heavy atom. The van der Waals surface area contributed by atoms with Gasteiger partial charge in [-0.25, -0.2) is 0 Å². The Bertz CT molecular complexity index is 665. The molecule has 1 fully saturated rings. The third-order valence-corrected chi connectivity index (χ3v) is 4.24. The van der Waals surface area contributed by atoms with E-state index < -0.39 is 0 Å². The van der Waals surface area contributed by atoms with E-state index in [0.717, 1.165) is 37.3 Å². The fourth-order valence-corrected chi connectivity index (χ4v) is 2.84. The van der Waals surface area contributed by atoms with Gasteiger partial charge in [0.25, 0.3) is 5.91 Å². The van der Waals surface area contributed by atoms with E-state index in [0.29, 0.717) is 19.7 Å². The maximum atomic E-state index is 12.8. The number of carbonyl (C=O) groups excluding carboxylic acids is 1. The van der Waals surface area contributed by atoms with Crippen LogP contribution in [0.15, 0.2) is 40.9 Å². The van der Waals surface area contributed by atoms with Crippen LogP contribution in [0.25, 0.3) is 0 Å². The van der Waals surface area contributed by atoms with Crippen LogP contribution in [0.4, 0.5) is 0 Å². The number of benzene rings is 1. The van der Waals surface area contributed by atoms with Gasteiger partial charge in [-0.1, -0.05) is 30.3 Å². The minimum absolute atomic E-state index is 0.0780. The minimum atomic E-state index is -0.167. The molecule has 1 amide bonds. The van der Waals surface area contributed by atoms with E-state index in [-0.39, 0.29) is 17.8 Å². The number of ether oxygens (including phenoxy) is 2. The summed E-state index contributed by atoms with van der Waals surface area (Å²) in [4.78, 5) is 14.5. The van der Waals surface area contributed by atoms with Crippen molar-refractivity contribution in [3.05, 3.63) is 47.9 Å². The molecular weight excluding hydrogens is 320 g/mol. The summed E-state index contributed by atoms with van der Waals surface area (Å²) in [6.07, 6.45) is 2.82. The molecule has 6 nitrogen and oxygen atoms in total. The first-order valence-corrected chi connectivity index (χ1v) is 8.80. The van der Waals surface area contributed by atoms with Crippen molar-refractivity contribution in [2.45, 2.75) is 32.3 Å². The summed E-state index contributed by atoms with van der Waals surface area (Å²) in [7, 11) is 0. The lowest BCUT2D eigenvalue weighted by atomic mass is 10.2. The summed E-state index contributed by atoms with van der Waals surface area (Å²) in [6.45, 7) is 4.16. The molecule has 0 N–H and O–H groups in total. The predicted octanol–water partition coefficient (Wildman–Crippen LogP) is 2.94. The van der Waals surface area contributed by atoms with Gasteiger partial charge in [0.05, 0.1) is 18.3 Å². The van der Waals surface area contributed by atoms with Crippen molar-refractivity contribution in [3.8, 4) is 5.75 Å². The highest BCUT2D eigenvalue weighted by Gasteiger charge is 2.25. The molecule has 3 rings (SSSR count). The van der Waals surface area contributed by atoms with Crippen LogP contribution in [0.3, 0.4) is 0 Å². The standard InChI is InChI=1S/C19H24N2O4/c1-2-15-13-18(25-20-15)19(22)21(14-17-9-6-11-23-17)10-12-24-16-7-4-3-5-8-16/h3-5,7-8,13,17H,2,6,9-12,14H2,1H3. The normalized spacial score (nSPS) is 16.8. The van der Waals surface area contributed by atoms with Crippen LogP contribution in [0.2, 0.25) is 0 Å². The molecule has 0 radical (unpaired) electrons. The average molecular weight is 344 g/mol. The van der Waals surface area contributed by atoms with Gasteiger partial charge in [-0.05, 0) is 31.4 Å². The predicted molar refractivity (Wildman–Crippen MR) is 92.7 cm³/mol. The van der Waals surface area contributed by atoms with E-state index in [1.54, 1.807) is 11.0 Å². The van der Waals surface area contributed by atoms with E-state index in [9.17, 15) is 4.79 Å². The van der Waals surface area contributed by atoms with Crippen LogP contribution in [0.1, 0.15) is 36.0 Å². The average Bonchev–Trinajstić information content (AvgIpc) is 3.33. The summed E-state index contributed by atoms with van der Waals surface area (Å²) in [5, 5.41) is 3.91. The van der Waals surface area contributed by atoms with Crippen LogP contribution in [0, 0.1) is 0 Å². The van der Waals surface area contributed by atoms with Gasteiger partial charge in [0.1, 0.15) is 12.4 Å². The zero-order valence-corrected chi connectivity index (χ0v) is 14.5. The Morgan fingerprint density at radius 2 is 2.20 bits per heavy atom. The molecule has 0 bridgehead atoms. The van der Waals surface area contributed by atoms with Crippen molar-refractivity contribution in [2.75, 3.05) is 26.3 Å². The Kier molecular flexibility index (Phi) is 6.06. The van der Waals surface area contributed by atoms with Gasteiger partial charge in [0, 0.05) is 19.2 Å². The molecule has 0 saturated carbocycles. The van der Waals surface area contributed by atoms with Gasteiger partial charge in [0.15, 0.2) is 0 Å². The van der Waals surface area contributed by atoms with Crippen LogP contribution in [-0.2, 0) is 11.2 Å². The quantitative estimate of drug-likeness (QED) is 0.737. The zero-order chi connectivity index (χ0) is 17.5. The first kappa shape index (κ1) is 17.5. The summed E-state index contributed by atoms with van der Waals surface area (Å²) in [6, 6.07) is 11.3. The van der Waals surface area contributed by atoms with E-state index >= 15 is 0 Å². The molecule has 2 aromatic rings. The van der Waals surface area contributed by atoms with Crippen LogP contribution >= 0.6 is 0 Å². The van der Waals surface area contributed by atoms with Gasteiger partial charge in [-0.2, -0.15) is 0 Å². The van der Waals surface area contributed by atoms with Crippen LogP contribution in [-0.4, -0.2) is 48.4 Å². The highest BCUT2D eigenvalue weighted by atomic mass is 16.5. The molecule has 1 saturated heterocycles. The second-order valence-corrected chi connectivity index (χ2v) is 6.08. The third kappa shape index (κ3) is 4.82. The molecule has 1 aromatic heterocycles. The smallest absolute Gasteiger partial charge is 0.292 e. The van der Waals surface area contributed by atoms with Gasteiger partial charge in [-0.3, -0.25) is 4.79 Å². The molecule has 25 heavy (non-hydrogen) atoms. The number of nitrogens with zero attached hydrogens (tertiary/aromatic N) is 2. The number of carbonyl (C=O) groups is 1. The Hall–Kier alpha value is -2.34. The first-order chi connectivity index (χ1) is 12.3. The number of rotatable bonds is 8. The monoisotopic (exact) mass is 344 g/mol. The Balaban J connectivity index is 1.62. The molecule has 1 aromatic carbocycles. The molecule has 1 atom stereocenters. The lowest BCUT2D eigenvalue weighted by molar-refractivity contribution is 0.0464. The number of aromatic nitrogens is 1. The van der Waals surface area contributed by atoms with Gasteiger partial charge in [0.2, 0.25) is 5.76 Å². The van der Waals surface area contributed by atoms with Crippen molar-refractivity contribution in [1.29, 1.82) is 0 Å². The molecule has 2 heterocycles. The highest BCUT2D eigenvalue weighted by Crippen LogP contribution is 2.16. The number of amides is 1. The minimum Gasteiger partial charge on any atom is -0.492 e. The highest BCUT2D eigenvalue weighted by molar-refractivity contribution is 5.91. The second-order valence-electron chi connectivity index (χ2n) is 6.08. The fourth-order valence-electron chi connectivity index (χ4n) is 2.84. The summed E-state index contributed by atoms with van der Waals surface area (Å²) >= 11 is 0. The van der Waals surface area contributed by atoms with E-state index in [2.05, 4.69) is 5.16 Å². The largest absolute Gasteiger partial charge is 0.492 e. The maximum Gasteiger partial charge on any atom is 0.292 e. The van der Waals surface area contributed by atoms with Crippen molar-refractivity contribution in [3.63, 3.8) is 0 Å². The maximum absolute atomic E-state index is 12.8. The summed E-state index contributed by atoms with van der Waals surface area (Å²) in [5.41, 5.74) is 0.779. The van der Waals surface area contributed by atoms with Crippen LogP contribution < -0.4 is 4.74 Å². The van der Waals surface area contributed by atoms with E-state index in [1.807, 2.05) is 37.3 Å². The fraction of sp³-hybridized carbons (Fsp3) is 0.474. The molecular formula is C19H24N2O4. The van der Waals surface area contributed by atoms with Crippen molar-refractivity contribution < 1.29 is 18.8 Å². The molecule has 0 spiro atoms. The summed E-state index contributed by atoms with van der Waals surface area (Å²) in [5.74, 6) is 0.897. The zero-order valence-electron chi connectivity index (χ0n) is 14.5. The van der Waals surface area contributed by atoms with Crippen molar-refractivity contribution in [1.82, 2.24) is 10.1 Å². The van der Waals surface area contributed by atoms with E-state index in [4.69, 9.17) is 14.0 Å². The Morgan fingerprint density at radius 3 is 2.88 bits per heavy atom. The Labute approximate surface area is 147 Å². The molecule has 1 aliphatic rings. The lowest BCUT2D eigenvalue weighted by Crippen LogP contribution is -2.39. The van der Waals surface area contributed by atoms with E-state index in [1.165, 1.54) is 0 Å². The number of para-hydroxylation sites is 1. The SMILES string of the molecule is CCc1cc(C(=O)N(CCOc2ccccc2)CC2CCCO2)on1. The van der Waals surface area contributed by atoms with Gasteiger partial charge in [-0.15, -0.1) is 0 Å². The number of hydrogen-bond donors (Lipinski definition) is 0. The topological polar surface area (TPSA) is 64.8 Å².